The maximum atomic E-state index is 13.0. The quantitative estimate of drug-likeness (QED) is 0.481. The van der Waals surface area contributed by atoms with Crippen molar-refractivity contribution in [3.63, 3.8) is 0 Å². The average Bonchev–Trinajstić information content (AvgIpc) is 3.02. The molecule has 0 aromatic heterocycles. The molecule has 2 N–H and O–H groups in total. The van der Waals surface area contributed by atoms with E-state index in [4.69, 9.17) is 14.6 Å². The number of nitrogens with one attached hydrogen (secondary N) is 1. The van der Waals surface area contributed by atoms with Crippen molar-refractivity contribution in [3.05, 3.63) is 29.8 Å². The molecule has 2 saturated heterocycles. The molecule has 1 unspecified atom stereocenters. The van der Waals surface area contributed by atoms with Crippen molar-refractivity contribution < 1.29 is 32.6 Å². The smallest absolute Gasteiger partial charge is 0.312 e. The maximum Gasteiger partial charge on any atom is 0.312 e. The lowest BCUT2D eigenvalue weighted by atomic mass is 9.76. The van der Waals surface area contributed by atoms with E-state index in [1.54, 1.807) is 12.1 Å². The van der Waals surface area contributed by atoms with Gasteiger partial charge < -0.3 is 20.1 Å². The summed E-state index contributed by atoms with van der Waals surface area (Å²) in [5.74, 6) is -0.548. The molecule has 2 heterocycles. The molecule has 1 aromatic rings. The van der Waals surface area contributed by atoms with Gasteiger partial charge in [-0.25, -0.2) is 8.42 Å². The van der Waals surface area contributed by atoms with Crippen LogP contribution in [0.15, 0.2) is 29.2 Å². The van der Waals surface area contributed by atoms with Gasteiger partial charge in [0.1, 0.15) is 6.10 Å². The molecule has 0 radical (unpaired) electrons. The Labute approximate surface area is 182 Å². The lowest BCUT2D eigenvalue weighted by Gasteiger charge is -2.35. The second kappa shape index (κ2) is 10.2. The number of benzene rings is 1. The van der Waals surface area contributed by atoms with E-state index < -0.39 is 15.4 Å². The molecule has 1 spiro atoms. The number of likely N-dealkylation sites (N-methyl/N-ethyl adjacent to an activating group) is 1. The molecule has 10 nitrogen and oxygen atoms in total. The van der Waals surface area contributed by atoms with Gasteiger partial charge in [0, 0.05) is 38.7 Å². The van der Waals surface area contributed by atoms with Gasteiger partial charge in [-0.3, -0.25) is 14.4 Å². The number of piperidine rings is 1. The highest BCUT2D eigenvalue weighted by molar-refractivity contribution is 7.89. The van der Waals surface area contributed by atoms with Gasteiger partial charge in [-0.15, -0.1) is 0 Å². The van der Waals surface area contributed by atoms with Gasteiger partial charge in [0.2, 0.25) is 10.0 Å². The van der Waals surface area contributed by atoms with E-state index in [9.17, 15) is 18.0 Å². The molecule has 0 aliphatic carbocycles. The lowest BCUT2D eigenvalue weighted by Crippen LogP contribution is -2.45. The summed E-state index contributed by atoms with van der Waals surface area (Å²) in [6.07, 6.45) is 1.38. The monoisotopic (exact) mass is 455 g/mol. The van der Waals surface area contributed by atoms with E-state index in [1.807, 2.05) is 19.0 Å². The van der Waals surface area contributed by atoms with Crippen LogP contribution in [0.1, 0.15) is 29.6 Å². The highest BCUT2D eigenvalue weighted by Gasteiger charge is 2.51. The zero-order valence-electron chi connectivity index (χ0n) is 17.9. The third kappa shape index (κ3) is 5.60. The Kier molecular flexibility index (Phi) is 8.15. The average molecular weight is 456 g/mol. The van der Waals surface area contributed by atoms with E-state index >= 15 is 0 Å². The van der Waals surface area contributed by atoms with Crippen LogP contribution in [0.2, 0.25) is 0 Å². The molecule has 1 amide bonds. The molecular weight excluding hydrogens is 426 g/mol. The number of carbonyl (C=O) groups excluding carboxylic acids is 2. The molecular formula is C20H29N3O7S. The van der Waals surface area contributed by atoms with Gasteiger partial charge in [0.25, 0.3) is 12.4 Å². The predicted molar refractivity (Wildman–Crippen MR) is 112 cm³/mol. The molecule has 11 heteroatoms. The third-order valence-electron chi connectivity index (χ3n) is 5.53. The topological polar surface area (TPSA) is 133 Å². The van der Waals surface area contributed by atoms with Crippen molar-refractivity contribution >= 4 is 28.4 Å². The molecule has 31 heavy (non-hydrogen) atoms. The van der Waals surface area contributed by atoms with Gasteiger partial charge in [-0.2, -0.15) is 4.31 Å². The van der Waals surface area contributed by atoms with Crippen LogP contribution in [-0.4, -0.2) is 88.0 Å². The molecule has 0 saturated carbocycles. The summed E-state index contributed by atoms with van der Waals surface area (Å²) in [6, 6.07) is 6.00. The van der Waals surface area contributed by atoms with Crippen molar-refractivity contribution in [2.24, 2.45) is 5.41 Å². The van der Waals surface area contributed by atoms with E-state index in [-0.39, 0.29) is 42.4 Å². The molecule has 0 bridgehead atoms. The number of carbonyl (C=O) groups is 3. The Hall–Kier alpha value is -2.50. The minimum atomic E-state index is -3.73. The Morgan fingerprint density at radius 1 is 1.35 bits per heavy atom. The van der Waals surface area contributed by atoms with E-state index in [0.29, 0.717) is 31.4 Å². The number of carboxylic acid groups (broad SMARTS) is 1. The number of rotatable bonds is 5. The van der Waals surface area contributed by atoms with Crippen molar-refractivity contribution in [2.75, 3.05) is 40.8 Å². The minimum absolute atomic E-state index is 0.0871. The third-order valence-corrected chi connectivity index (χ3v) is 7.43. The van der Waals surface area contributed by atoms with Gasteiger partial charge >= 0.3 is 5.97 Å². The van der Waals surface area contributed by atoms with Crippen LogP contribution < -0.4 is 5.32 Å². The predicted octanol–water partition coefficient (Wildman–Crippen LogP) is 0.395. The summed E-state index contributed by atoms with van der Waals surface area (Å²) in [5.41, 5.74) is -0.292. The first-order chi connectivity index (χ1) is 14.6. The minimum Gasteiger partial charge on any atom is -0.483 e. The Morgan fingerprint density at radius 2 is 1.97 bits per heavy atom. The summed E-state index contributed by atoms with van der Waals surface area (Å²) < 4.78 is 33.0. The Bertz CT molecular complexity index is 909. The molecule has 1 aromatic carbocycles. The molecule has 2 aliphatic rings. The van der Waals surface area contributed by atoms with E-state index in [2.05, 4.69) is 5.32 Å². The van der Waals surface area contributed by atoms with E-state index in [1.165, 1.54) is 23.5 Å². The van der Waals surface area contributed by atoms with Crippen LogP contribution in [0.25, 0.3) is 0 Å². The number of nitrogens with zero attached hydrogens (tertiary/aromatic N) is 2. The first-order valence-electron chi connectivity index (χ1n) is 9.85. The van der Waals surface area contributed by atoms with Gasteiger partial charge in [-0.1, -0.05) is 6.07 Å². The number of ether oxygens (including phenoxy) is 1. The molecule has 2 fully saturated rings. The Morgan fingerprint density at radius 3 is 2.52 bits per heavy atom. The highest BCUT2D eigenvalue weighted by atomic mass is 32.2. The lowest BCUT2D eigenvalue weighted by molar-refractivity contribution is -0.150. The van der Waals surface area contributed by atoms with Crippen LogP contribution in [0, 0.1) is 5.41 Å². The highest BCUT2D eigenvalue weighted by Crippen LogP contribution is 2.44. The maximum absolute atomic E-state index is 13.0. The number of esters is 1. The molecule has 2 aliphatic heterocycles. The number of hydrogen-bond donors (Lipinski definition) is 2. The van der Waals surface area contributed by atoms with Crippen molar-refractivity contribution in [3.8, 4) is 0 Å². The molecule has 3 rings (SSSR count). The fourth-order valence-corrected chi connectivity index (χ4v) is 5.49. The van der Waals surface area contributed by atoms with Crippen molar-refractivity contribution in [1.82, 2.24) is 14.5 Å². The van der Waals surface area contributed by atoms with Gasteiger partial charge in [-0.05, 0) is 45.1 Å². The second-order valence-corrected chi connectivity index (χ2v) is 9.83. The van der Waals surface area contributed by atoms with Crippen LogP contribution in [0.5, 0.6) is 0 Å². The van der Waals surface area contributed by atoms with Gasteiger partial charge in [0.15, 0.2) is 0 Å². The zero-order chi connectivity index (χ0) is 23.2. The molecule has 1 atom stereocenters. The summed E-state index contributed by atoms with van der Waals surface area (Å²) in [4.78, 5) is 34.7. The van der Waals surface area contributed by atoms with E-state index in [0.717, 1.165) is 0 Å². The number of sulfonamides is 1. The normalized spacial score (nSPS) is 20.6. The van der Waals surface area contributed by atoms with Gasteiger partial charge in [0.05, 0.1) is 10.3 Å². The first kappa shape index (κ1) is 24.8. The Balaban J connectivity index is 0.00000107. The summed E-state index contributed by atoms with van der Waals surface area (Å²) in [5, 5.41) is 9.38. The SMILES string of the molecule is CNC(=O)c1cccc(S(=O)(=O)N2CCC3(CC2)CC(CN(C)C)OC3=O)c1.O=CO. The number of cyclic esters (lactones) is 1. The van der Waals surface area contributed by atoms with Crippen LogP contribution in [0.4, 0.5) is 0 Å². The fraction of sp³-hybridized carbons (Fsp3) is 0.550. The van der Waals surface area contributed by atoms with Crippen molar-refractivity contribution in [1.29, 1.82) is 0 Å². The number of amides is 1. The largest absolute Gasteiger partial charge is 0.483 e. The zero-order valence-corrected chi connectivity index (χ0v) is 18.7. The molecule has 172 valence electrons. The number of hydrogen-bond acceptors (Lipinski definition) is 7. The summed E-state index contributed by atoms with van der Waals surface area (Å²) in [7, 11) is 1.63. The standard InChI is InChI=1S/C19H27N3O5S.CH2O2/c1-20-17(23)14-5-4-6-16(11-14)28(25,26)22-9-7-19(8-10-22)12-15(13-21(2)3)27-18(19)24;2-1-3/h4-6,11,15H,7-10,12-13H2,1-3H3,(H,20,23);1H,(H,2,3). The van der Waals surface area contributed by atoms with Crippen LogP contribution in [0.3, 0.4) is 0 Å². The summed E-state index contributed by atoms with van der Waals surface area (Å²) in [6.45, 7) is 0.939. The summed E-state index contributed by atoms with van der Waals surface area (Å²) >= 11 is 0. The van der Waals surface area contributed by atoms with Crippen LogP contribution in [-0.2, 0) is 24.3 Å². The van der Waals surface area contributed by atoms with Crippen molar-refractivity contribution in [2.45, 2.75) is 30.3 Å². The van der Waals surface area contributed by atoms with Crippen LogP contribution >= 0.6 is 0 Å². The first-order valence-corrected chi connectivity index (χ1v) is 11.3. The fourth-order valence-electron chi connectivity index (χ4n) is 4.00. The second-order valence-electron chi connectivity index (χ2n) is 7.89.